The largest absolute Gasteiger partial charge is 0.391 e. The summed E-state index contributed by atoms with van der Waals surface area (Å²) in [5.74, 6) is -2.23. The molecule has 0 atom stereocenters. The lowest BCUT2D eigenvalue weighted by atomic mass is 10.2. The number of aliphatic hydroxyl groups excluding tert-OH is 1. The van der Waals surface area contributed by atoms with Crippen LogP contribution in [0.1, 0.15) is 12.0 Å². The van der Waals surface area contributed by atoms with Gasteiger partial charge in [0.15, 0.2) is 5.82 Å². The van der Waals surface area contributed by atoms with Crippen LogP contribution in [0, 0.1) is 11.6 Å². The van der Waals surface area contributed by atoms with Crippen molar-refractivity contribution in [3.05, 3.63) is 29.3 Å². The predicted octanol–water partition coefficient (Wildman–Crippen LogP) is 0.687. The molecule has 0 saturated carbocycles. The van der Waals surface area contributed by atoms with Crippen molar-refractivity contribution in [3.8, 4) is 0 Å². The first kappa shape index (κ1) is 17.0. The van der Waals surface area contributed by atoms with Gasteiger partial charge in [0.05, 0.1) is 12.2 Å². The van der Waals surface area contributed by atoms with Crippen molar-refractivity contribution < 1.29 is 22.3 Å². The molecule has 0 aliphatic heterocycles. The van der Waals surface area contributed by atoms with E-state index in [4.69, 9.17) is 5.11 Å². The molecular weight excluding hydrogens is 290 g/mol. The van der Waals surface area contributed by atoms with Crippen LogP contribution in [0.3, 0.4) is 0 Å². The van der Waals surface area contributed by atoms with Crippen molar-refractivity contribution in [2.45, 2.75) is 17.9 Å². The van der Waals surface area contributed by atoms with Gasteiger partial charge in [-0.3, -0.25) is 0 Å². The van der Waals surface area contributed by atoms with Gasteiger partial charge in [-0.15, -0.1) is 0 Å². The zero-order valence-electron chi connectivity index (χ0n) is 11.4. The molecule has 0 aromatic heterocycles. The number of hydrogen-bond acceptors (Lipinski definition) is 4. The Morgan fingerprint density at radius 2 is 1.95 bits per heavy atom. The average Bonchev–Trinajstić information content (AvgIpc) is 2.34. The first-order valence-electron chi connectivity index (χ1n) is 6.01. The summed E-state index contributed by atoms with van der Waals surface area (Å²) >= 11 is 0. The molecule has 0 spiro atoms. The molecule has 1 rings (SSSR count). The Morgan fingerprint density at radius 1 is 1.30 bits per heavy atom. The molecule has 1 aromatic carbocycles. The van der Waals surface area contributed by atoms with Crippen molar-refractivity contribution in [1.82, 2.24) is 9.62 Å². The summed E-state index contributed by atoms with van der Waals surface area (Å²) < 4.78 is 53.1. The molecule has 0 radical (unpaired) electrons. The molecule has 1 aromatic rings. The van der Waals surface area contributed by atoms with Crippen molar-refractivity contribution in [3.63, 3.8) is 0 Å². The summed E-state index contributed by atoms with van der Waals surface area (Å²) in [6.07, 6.45) is 0.557. The van der Waals surface area contributed by atoms with Crippen molar-refractivity contribution >= 4 is 10.0 Å². The number of nitrogens with zero attached hydrogens (tertiary/aromatic N) is 1. The number of benzene rings is 1. The molecule has 5 nitrogen and oxygen atoms in total. The maximum atomic E-state index is 13.8. The Kier molecular flexibility index (Phi) is 6.00. The zero-order valence-corrected chi connectivity index (χ0v) is 12.2. The fraction of sp³-hybridized carbons (Fsp3) is 0.500. The van der Waals surface area contributed by atoms with Crippen LogP contribution in [0.25, 0.3) is 0 Å². The Labute approximate surface area is 117 Å². The predicted molar refractivity (Wildman–Crippen MR) is 70.6 cm³/mol. The molecule has 20 heavy (non-hydrogen) atoms. The lowest BCUT2D eigenvalue weighted by Crippen LogP contribution is -2.28. The molecule has 0 amide bonds. The maximum Gasteiger partial charge on any atom is 0.243 e. The maximum absolute atomic E-state index is 13.8. The number of sulfonamides is 1. The Hall–Kier alpha value is -1.09. The molecule has 0 aliphatic rings. The zero-order chi connectivity index (χ0) is 15.3. The smallest absolute Gasteiger partial charge is 0.243 e. The second-order valence-electron chi connectivity index (χ2n) is 4.55. The monoisotopic (exact) mass is 308 g/mol. The van der Waals surface area contributed by atoms with Crippen LogP contribution < -0.4 is 4.72 Å². The molecule has 114 valence electrons. The van der Waals surface area contributed by atoms with Gasteiger partial charge in [0.2, 0.25) is 10.0 Å². The van der Waals surface area contributed by atoms with E-state index in [-0.39, 0.29) is 6.54 Å². The van der Waals surface area contributed by atoms with Crippen LogP contribution in [-0.4, -0.2) is 45.6 Å². The molecule has 0 aliphatic carbocycles. The molecule has 0 unspecified atom stereocenters. The van der Waals surface area contributed by atoms with Crippen molar-refractivity contribution in [2.75, 3.05) is 27.2 Å². The van der Waals surface area contributed by atoms with Crippen molar-refractivity contribution in [1.29, 1.82) is 0 Å². The minimum absolute atomic E-state index is 0.145. The topological polar surface area (TPSA) is 69.6 Å². The van der Waals surface area contributed by atoms with Crippen LogP contribution in [0.2, 0.25) is 0 Å². The van der Waals surface area contributed by atoms with Gasteiger partial charge < -0.3 is 10.0 Å². The molecule has 0 bridgehead atoms. The van der Waals surface area contributed by atoms with Gasteiger partial charge in [-0.2, -0.15) is 0 Å². The third-order valence-electron chi connectivity index (χ3n) is 2.67. The summed E-state index contributed by atoms with van der Waals surface area (Å²) in [4.78, 5) is 1.23. The van der Waals surface area contributed by atoms with E-state index in [1.807, 2.05) is 19.0 Å². The fourth-order valence-corrected chi connectivity index (χ4v) is 2.78. The van der Waals surface area contributed by atoms with Gasteiger partial charge in [-0.1, -0.05) is 0 Å². The highest BCUT2D eigenvalue weighted by molar-refractivity contribution is 7.89. The second-order valence-corrected chi connectivity index (χ2v) is 6.29. The molecular formula is C12H18F2N2O3S. The normalized spacial score (nSPS) is 12.1. The summed E-state index contributed by atoms with van der Waals surface area (Å²) in [5, 5.41) is 8.86. The van der Waals surface area contributed by atoms with Gasteiger partial charge in [-0.05, 0) is 39.2 Å². The number of halogens is 2. The van der Waals surface area contributed by atoms with Gasteiger partial charge in [0.25, 0.3) is 0 Å². The Morgan fingerprint density at radius 3 is 2.50 bits per heavy atom. The molecule has 0 heterocycles. The second kappa shape index (κ2) is 7.07. The van der Waals surface area contributed by atoms with Crippen LogP contribution in [0.5, 0.6) is 0 Å². The summed E-state index contributed by atoms with van der Waals surface area (Å²) in [6, 6.07) is 1.67. The highest BCUT2D eigenvalue weighted by Gasteiger charge is 2.22. The van der Waals surface area contributed by atoms with E-state index in [0.717, 1.165) is 12.1 Å². The SMILES string of the molecule is CN(C)CCCNS(=O)(=O)c1ccc(F)c(CO)c1F. The van der Waals surface area contributed by atoms with Crippen molar-refractivity contribution in [2.24, 2.45) is 0 Å². The van der Waals surface area contributed by atoms with E-state index in [1.54, 1.807) is 0 Å². The van der Waals surface area contributed by atoms with Crippen LogP contribution >= 0.6 is 0 Å². The molecule has 0 fully saturated rings. The van der Waals surface area contributed by atoms with Crippen LogP contribution in [0.4, 0.5) is 8.78 Å². The Bertz CT molecular complexity index is 562. The number of nitrogens with one attached hydrogen (secondary N) is 1. The van der Waals surface area contributed by atoms with E-state index in [9.17, 15) is 17.2 Å². The lowest BCUT2D eigenvalue weighted by Gasteiger charge is -2.12. The summed E-state index contributed by atoms with van der Waals surface area (Å²) in [6.45, 7) is -0.0796. The molecule has 2 N–H and O–H groups in total. The number of rotatable bonds is 7. The number of hydrogen-bond donors (Lipinski definition) is 2. The first-order valence-corrected chi connectivity index (χ1v) is 7.50. The van der Waals surface area contributed by atoms with Crippen LogP contribution in [0.15, 0.2) is 17.0 Å². The third-order valence-corrected chi connectivity index (χ3v) is 4.15. The summed E-state index contributed by atoms with van der Waals surface area (Å²) in [7, 11) is -0.362. The van der Waals surface area contributed by atoms with Gasteiger partial charge in [0, 0.05) is 6.54 Å². The Balaban J connectivity index is 2.88. The van der Waals surface area contributed by atoms with E-state index in [0.29, 0.717) is 13.0 Å². The minimum atomic E-state index is -4.06. The number of aliphatic hydroxyl groups is 1. The van der Waals surface area contributed by atoms with E-state index in [2.05, 4.69) is 4.72 Å². The fourth-order valence-electron chi connectivity index (χ4n) is 1.61. The first-order chi connectivity index (χ1) is 9.29. The van der Waals surface area contributed by atoms with Gasteiger partial charge >= 0.3 is 0 Å². The third kappa shape index (κ3) is 4.20. The molecule has 8 heteroatoms. The minimum Gasteiger partial charge on any atom is -0.391 e. The van der Waals surface area contributed by atoms with Crippen LogP contribution in [-0.2, 0) is 16.6 Å². The van der Waals surface area contributed by atoms with E-state index >= 15 is 0 Å². The standard InChI is InChI=1S/C12H18F2N2O3S/c1-16(2)7-3-6-15-20(18,19)11-5-4-10(13)9(8-17)12(11)14/h4-5,15,17H,3,6-8H2,1-2H3. The average molecular weight is 308 g/mol. The van der Waals surface area contributed by atoms with E-state index < -0.39 is 38.7 Å². The van der Waals surface area contributed by atoms with E-state index in [1.165, 1.54) is 0 Å². The van der Waals surface area contributed by atoms with Gasteiger partial charge in [-0.25, -0.2) is 21.9 Å². The van der Waals surface area contributed by atoms with Gasteiger partial charge in [0.1, 0.15) is 10.7 Å². The summed E-state index contributed by atoms with van der Waals surface area (Å²) in [5.41, 5.74) is -0.652. The molecule has 0 saturated heterocycles. The highest BCUT2D eigenvalue weighted by atomic mass is 32.2. The highest BCUT2D eigenvalue weighted by Crippen LogP contribution is 2.20. The quantitative estimate of drug-likeness (QED) is 0.727. The lowest BCUT2D eigenvalue weighted by molar-refractivity contribution is 0.267.